The first-order valence-corrected chi connectivity index (χ1v) is 10.1. The van der Waals surface area contributed by atoms with E-state index in [-0.39, 0.29) is 16.7 Å². The highest BCUT2D eigenvalue weighted by atomic mass is 19.2. The van der Waals surface area contributed by atoms with Gasteiger partial charge < -0.3 is 10.6 Å². The first kappa shape index (κ1) is 22.1. The topological polar surface area (TPSA) is 37.0 Å². The van der Waals surface area contributed by atoms with Gasteiger partial charge >= 0.3 is 0 Å². The van der Waals surface area contributed by atoms with Gasteiger partial charge in [-0.3, -0.25) is 0 Å². The molecule has 162 valence electrons. The van der Waals surface area contributed by atoms with Crippen LogP contribution >= 0.6 is 0 Å². The highest BCUT2D eigenvalue weighted by Gasteiger charge is 2.28. The molecule has 2 aromatic rings. The monoisotopic (exact) mass is 421 g/mol. The number of aryl methyl sites for hydroxylation is 1. The van der Waals surface area contributed by atoms with E-state index in [0.717, 1.165) is 30.7 Å². The summed E-state index contributed by atoms with van der Waals surface area (Å²) < 4.78 is 59.1. The molecule has 1 aromatic heterocycles. The number of nitrogens with one attached hydrogen (secondary N) is 2. The van der Waals surface area contributed by atoms with Crippen molar-refractivity contribution in [3.05, 3.63) is 64.4 Å². The molecular weight excluding hydrogens is 394 g/mol. The highest BCUT2D eigenvalue weighted by molar-refractivity contribution is 5.63. The molecule has 1 aliphatic heterocycles. The lowest BCUT2D eigenvalue weighted by Gasteiger charge is -2.20. The van der Waals surface area contributed by atoms with Crippen LogP contribution in [0, 0.1) is 24.4 Å². The van der Waals surface area contributed by atoms with E-state index in [0.29, 0.717) is 11.7 Å². The predicted molar refractivity (Wildman–Crippen MR) is 110 cm³/mol. The van der Waals surface area contributed by atoms with Gasteiger partial charge in [0.05, 0.1) is 6.04 Å². The zero-order valence-electron chi connectivity index (χ0n) is 17.8. The molecule has 2 atom stereocenters. The van der Waals surface area contributed by atoms with Crippen LogP contribution in [-0.4, -0.2) is 11.0 Å². The quantitative estimate of drug-likeness (QED) is 0.567. The lowest BCUT2D eigenvalue weighted by atomic mass is 9.95. The Morgan fingerprint density at radius 1 is 1.20 bits per heavy atom. The maximum atomic E-state index is 14.9. The summed E-state index contributed by atoms with van der Waals surface area (Å²) in [6.07, 6.45) is 3.59. The Balaban J connectivity index is 1.95. The van der Waals surface area contributed by atoms with Crippen LogP contribution in [0.15, 0.2) is 30.1 Å². The van der Waals surface area contributed by atoms with Gasteiger partial charge in [0.25, 0.3) is 0 Å². The normalized spacial score (nSPS) is 17.5. The Morgan fingerprint density at radius 3 is 2.50 bits per heavy atom. The van der Waals surface area contributed by atoms with Crippen molar-refractivity contribution in [3.8, 4) is 11.3 Å². The second-order valence-corrected chi connectivity index (χ2v) is 8.31. The smallest absolute Gasteiger partial charge is 0.155 e. The molecule has 0 aliphatic carbocycles. The van der Waals surface area contributed by atoms with E-state index < -0.39 is 34.9 Å². The summed E-state index contributed by atoms with van der Waals surface area (Å²) in [5.74, 6) is -2.49. The standard InChI is InChI=1S/C23H27F4N3/c1-6-14-8-15(11-28-14)30-13(3)16-9-20(25)17(10-19(16)24)22-21(26)18(23(4,5)27)7-12(2)29-22/h7,9-11,13-14,28,30H,6,8H2,1-5H3/t13?,14-/m0/s1. The Bertz CT molecular complexity index is 979. The maximum Gasteiger partial charge on any atom is 0.155 e. The Morgan fingerprint density at radius 2 is 1.90 bits per heavy atom. The lowest BCUT2D eigenvalue weighted by molar-refractivity contribution is 0.213. The van der Waals surface area contributed by atoms with Crippen LogP contribution in [0.2, 0.25) is 0 Å². The molecule has 2 heterocycles. The second kappa shape index (κ2) is 8.28. The van der Waals surface area contributed by atoms with E-state index in [1.54, 1.807) is 13.8 Å². The molecule has 0 saturated carbocycles. The van der Waals surface area contributed by atoms with Gasteiger partial charge in [-0.25, -0.2) is 22.5 Å². The minimum Gasteiger partial charge on any atom is -0.386 e. The number of halogens is 4. The summed E-state index contributed by atoms with van der Waals surface area (Å²) in [4.78, 5) is 4.01. The summed E-state index contributed by atoms with van der Waals surface area (Å²) >= 11 is 0. The molecule has 3 rings (SSSR count). The molecule has 0 spiro atoms. The van der Waals surface area contributed by atoms with Crippen LogP contribution in [0.1, 0.15) is 63.4 Å². The third-order valence-corrected chi connectivity index (χ3v) is 5.39. The number of pyridine rings is 1. The summed E-state index contributed by atoms with van der Waals surface area (Å²) in [5.41, 5.74) is -1.60. The number of benzene rings is 1. The summed E-state index contributed by atoms with van der Waals surface area (Å²) in [6.45, 7) is 7.77. The van der Waals surface area contributed by atoms with E-state index in [1.807, 2.05) is 6.20 Å². The highest BCUT2D eigenvalue weighted by Crippen LogP contribution is 2.35. The third-order valence-electron chi connectivity index (χ3n) is 5.39. The number of nitrogens with zero attached hydrogens (tertiary/aromatic N) is 1. The number of alkyl halides is 1. The molecule has 1 unspecified atom stereocenters. The SMILES string of the molecule is CC[C@H]1CC(NC(C)c2cc(F)c(-c3nc(C)cc(C(C)(C)F)c3F)cc2F)=CN1. The minimum atomic E-state index is -1.99. The predicted octanol–water partition coefficient (Wildman–Crippen LogP) is 5.94. The van der Waals surface area contributed by atoms with Gasteiger partial charge in [-0.15, -0.1) is 0 Å². The molecule has 0 fully saturated rings. The molecule has 0 radical (unpaired) electrons. The average molecular weight is 421 g/mol. The largest absolute Gasteiger partial charge is 0.386 e. The fourth-order valence-electron chi connectivity index (χ4n) is 3.66. The summed E-state index contributed by atoms with van der Waals surface area (Å²) in [7, 11) is 0. The first-order valence-electron chi connectivity index (χ1n) is 10.1. The van der Waals surface area contributed by atoms with E-state index in [4.69, 9.17) is 0 Å². The van der Waals surface area contributed by atoms with Crippen molar-refractivity contribution in [1.82, 2.24) is 15.6 Å². The van der Waals surface area contributed by atoms with Crippen molar-refractivity contribution in [3.63, 3.8) is 0 Å². The van der Waals surface area contributed by atoms with Crippen LogP contribution in [0.4, 0.5) is 17.6 Å². The molecule has 0 amide bonds. The number of hydrogen-bond acceptors (Lipinski definition) is 3. The minimum absolute atomic E-state index is 0.121. The lowest BCUT2D eigenvalue weighted by Crippen LogP contribution is -2.21. The van der Waals surface area contributed by atoms with Gasteiger partial charge in [0.2, 0.25) is 0 Å². The van der Waals surface area contributed by atoms with E-state index in [1.165, 1.54) is 19.9 Å². The van der Waals surface area contributed by atoms with Crippen molar-refractivity contribution < 1.29 is 17.6 Å². The van der Waals surface area contributed by atoms with Crippen LogP contribution in [0.5, 0.6) is 0 Å². The molecule has 1 aliphatic rings. The van der Waals surface area contributed by atoms with Crippen LogP contribution in [-0.2, 0) is 5.67 Å². The molecule has 7 heteroatoms. The van der Waals surface area contributed by atoms with Crippen LogP contribution in [0.25, 0.3) is 11.3 Å². The average Bonchev–Trinajstić information content (AvgIpc) is 3.11. The van der Waals surface area contributed by atoms with Crippen molar-refractivity contribution in [2.24, 2.45) is 0 Å². The van der Waals surface area contributed by atoms with Gasteiger partial charge in [-0.1, -0.05) is 6.92 Å². The fraction of sp³-hybridized carbons (Fsp3) is 0.435. The fourth-order valence-corrected chi connectivity index (χ4v) is 3.66. The first-order chi connectivity index (χ1) is 14.0. The molecule has 30 heavy (non-hydrogen) atoms. The van der Waals surface area contributed by atoms with Gasteiger partial charge in [0.1, 0.15) is 23.0 Å². The van der Waals surface area contributed by atoms with E-state index >= 15 is 0 Å². The maximum absolute atomic E-state index is 14.9. The summed E-state index contributed by atoms with van der Waals surface area (Å²) in [6, 6.07) is 3.09. The Kier molecular flexibility index (Phi) is 6.11. The molecule has 2 N–H and O–H groups in total. The van der Waals surface area contributed by atoms with Crippen LogP contribution < -0.4 is 10.6 Å². The molecule has 3 nitrogen and oxygen atoms in total. The van der Waals surface area contributed by atoms with Gasteiger partial charge in [-0.2, -0.15) is 0 Å². The van der Waals surface area contributed by atoms with E-state index in [2.05, 4.69) is 22.5 Å². The van der Waals surface area contributed by atoms with Gasteiger partial charge in [0, 0.05) is 46.7 Å². The molecular formula is C23H27F4N3. The number of hydrogen-bond donors (Lipinski definition) is 2. The Labute approximate surface area is 174 Å². The van der Waals surface area contributed by atoms with Crippen molar-refractivity contribution in [1.29, 1.82) is 0 Å². The van der Waals surface area contributed by atoms with Crippen molar-refractivity contribution in [2.75, 3.05) is 0 Å². The van der Waals surface area contributed by atoms with Crippen LogP contribution in [0.3, 0.4) is 0 Å². The van der Waals surface area contributed by atoms with Crippen molar-refractivity contribution in [2.45, 2.75) is 65.2 Å². The van der Waals surface area contributed by atoms with Gasteiger partial charge in [-0.05, 0) is 52.3 Å². The Hall–Kier alpha value is -2.57. The molecule has 0 bridgehead atoms. The number of rotatable bonds is 6. The summed E-state index contributed by atoms with van der Waals surface area (Å²) in [5, 5.41) is 6.41. The van der Waals surface area contributed by atoms with Crippen molar-refractivity contribution >= 4 is 0 Å². The molecule has 0 saturated heterocycles. The van der Waals surface area contributed by atoms with Gasteiger partial charge in [0.15, 0.2) is 5.82 Å². The zero-order chi connectivity index (χ0) is 22.2. The second-order valence-electron chi connectivity index (χ2n) is 8.31. The third kappa shape index (κ3) is 4.45. The number of aromatic nitrogens is 1. The zero-order valence-corrected chi connectivity index (χ0v) is 17.8. The van der Waals surface area contributed by atoms with E-state index in [9.17, 15) is 17.6 Å². The molecule has 1 aromatic carbocycles.